The lowest BCUT2D eigenvalue weighted by Gasteiger charge is -2.25. The second-order valence-corrected chi connectivity index (χ2v) is 5.76. The SMILES string of the molecule is CC(C)(CNc1snc(N)c1C#N)c1ccccc1. The first-order valence-corrected chi connectivity index (χ1v) is 6.76. The molecule has 0 amide bonds. The zero-order valence-corrected chi connectivity index (χ0v) is 11.8. The van der Waals surface area contributed by atoms with Crippen LogP contribution in [0.4, 0.5) is 10.8 Å². The van der Waals surface area contributed by atoms with E-state index in [2.05, 4.69) is 41.7 Å². The topological polar surface area (TPSA) is 74.7 Å². The van der Waals surface area contributed by atoms with E-state index >= 15 is 0 Å². The third-order valence-corrected chi connectivity index (χ3v) is 3.90. The van der Waals surface area contributed by atoms with E-state index in [0.717, 1.165) is 5.00 Å². The summed E-state index contributed by atoms with van der Waals surface area (Å²) >= 11 is 1.23. The third kappa shape index (κ3) is 2.85. The Hall–Kier alpha value is -2.06. The van der Waals surface area contributed by atoms with Crippen LogP contribution in [0.2, 0.25) is 0 Å². The van der Waals surface area contributed by atoms with Crippen LogP contribution < -0.4 is 11.1 Å². The maximum absolute atomic E-state index is 9.03. The molecule has 4 nitrogen and oxygen atoms in total. The van der Waals surface area contributed by atoms with Gasteiger partial charge in [-0.3, -0.25) is 0 Å². The van der Waals surface area contributed by atoms with Gasteiger partial charge in [0.2, 0.25) is 0 Å². The quantitative estimate of drug-likeness (QED) is 0.897. The summed E-state index contributed by atoms with van der Waals surface area (Å²) in [6.07, 6.45) is 0. The molecule has 0 unspecified atom stereocenters. The highest BCUT2D eigenvalue weighted by atomic mass is 32.1. The highest BCUT2D eigenvalue weighted by Crippen LogP contribution is 2.28. The number of nitrogens with zero attached hydrogens (tertiary/aromatic N) is 2. The molecule has 0 spiro atoms. The minimum absolute atomic E-state index is 0.0350. The van der Waals surface area contributed by atoms with Gasteiger partial charge in [0.15, 0.2) is 5.82 Å². The number of benzene rings is 1. The second kappa shape index (κ2) is 5.29. The van der Waals surface area contributed by atoms with Gasteiger partial charge in [-0.05, 0) is 17.1 Å². The van der Waals surface area contributed by atoms with Gasteiger partial charge in [-0.15, -0.1) is 0 Å². The van der Waals surface area contributed by atoms with E-state index < -0.39 is 0 Å². The summed E-state index contributed by atoms with van der Waals surface area (Å²) in [6.45, 7) is 5.03. The lowest BCUT2D eigenvalue weighted by Crippen LogP contribution is -2.27. The van der Waals surface area contributed by atoms with E-state index in [9.17, 15) is 0 Å². The molecule has 1 aromatic heterocycles. The van der Waals surface area contributed by atoms with E-state index in [4.69, 9.17) is 11.0 Å². The van der Waals surface area contributed by atoms with E-state index in [1.807, 2.05) is 18.2 Å². The summed E-state index contributed by atoms with van der Waals surface area (Å²) in [4.78, 5) is 0. The fourth-order valence-electron chi connectivity index (χ4n) is 1.82. The number of nitrogens with one attached hydrogen (secondary N) is 1. The molecule has 0 aliphatic heterocycles. The minimum Gasteiger partial charge on any atom is -0.382 e. The number of anilines is 2. The van der Waals surface area contributed by atoms with Gasteiger partial charge < -0.3 is 11.1 Å². The van der Waals surface area contributed by atoms with Gasteiger partial charge in [0, 0.05) is 12.0 Å². The number of nitriles is 1. The van der Waals surface area contributed by atoms with Crippen molar-refractivity contribution in [2.24, 2.45) is 0 Å². The molecule has 98 valence electrons. The number of aromatic nitrogens is 1. The standard InChI is InChI=1S/C14H16N4S/c1-14(2,10-6-4-3-5-7-10)9-17-13-11(8-15)12(16)18-19-13/h3-7,17H,9H2,1-2H3,(H2,16,18). The van der Waals surface area contributed by atoms with E-state index in [-0.39, 0.29) is 5.41 Å². The molecule has 3 N–H and O–H groups in total. The summed E-state index contributed by atoms with van der Waals surface area (Å²) in [6, 6.07) is 12.4. The predicted molar refractivity (Wildman–Crippen MR) is 79.2 cm³/mol. The van der Waals surface area contributed by atoms with Crippen LogP contribution in [0.3, 0.4) is 0 Å². The van der Waals surface area contributed by atoms with Crippen molar-refractivity contribution in [3.05, 3.63) is 41.5 Å². The van der Waals surface area contributed by atoms with Gasteiger partial charge in [-0.2, -0.15) is 9.64 Å². The van der Waals surface area contributed by atoms with Gasteiger partial charge in [-0.1, -0.05) is 44.2 Å². The highest BCUT2D eigenvalue weighted by Gasteiger charge is 2.21. The average Bonchev–Trinajstić information content (AvgIpc) is 2.78. The Kier molecular flexibility index (Phi) is 3.72. The first kappa shape index (κ1) is 13.4. The van der Waals surface area contributed by atoms with Gasteiger partial charge in [0.05, 0.1) is 0 Å². The van der Waals surface area contributed by atoms with Crippen LogP contribution in [0.1, 0.15) is 25.0 Å². The molecule has 2 aromatic rings. The lowest BCUT2D eigenvalue weighted by atomic mass is 9.85. The average molecular weight is 272 g/mol. The number of hydrogen-bond donors (Lipinski definition) is 2. The van der Waals surface area contributed by atoms with E-state index in [1.54, 1.807) is 0 Å². The monoisotopic (exact) mass is 272 g/mol. The largest absolute Gasteiger partial charge is 0.382 e. The number of hydrogen-bond acceptors (Lipinski definition) is 5. The Balaban J connectivity index is 2.12. The zero-order valence-electron chi connectivity index (χ0n) is 11.0. The molecule has 5 heteroatoms. The minimum atomic E-state index is -0.0350. The summed E-state index contributed by atoms with van der Waals surface area (Å²) in [5, 5.41) is 13.0. The molecule has 0 saturated heterocycles. The predicted octanol–water partition coefficient (Wildman–Crippen LogP) is 2.99. The number of nitrogens with two attached hydrogens (primary N) is 1. The molecular weight excluding hydrogens is 256 g/mol. The maximum Gasteiger partial charge on any atom is 0.157 e. The molecule has 1 heterocycles. The fourth-order valence-corrected chi connectivity index (χ4v) is 2.48. The summed E-state index contributed by atoms with van der Waals surface area (Å²) in [5.41, 5.74) is 7.29. The van der Waals surface area contributed by atoms with Crippen LogP contribution in [0.5, 0.6) is 0 Å². The molecule has 0 aliphatic rings. The van der Waals surface area contributed by atoms with E-state index in [1.165, 1.54) is 17.1 Å². The third-order valence-electron chi connectivity index (χ3n) is 3.08. The molecule has 0 saturated carbocycles. The molecule has 0 atom stereocenters. The fraction of sp³-hybridized carbons (Fsp3) is 0.286. The van der Waals surface area contributed by atoms with Crippen molar-refractivity contribution in [2.45, 2.75) is 19.3 Å². The van der Waals surface area contributed by atoms with Crippen LogP contribution in [0.25, 0.3) is 0 Å². The molecule has 1 aromatic carbocycles. The summed E-state index contributed by atoms with van der Waals surface area (Å²) < 4.78 is 4.00. The Bertz CT molecular complexity index is 596. The molecule has 19 heavy (non-hydrogen) atoms. The Labute approximate surface area is 117 Å². The van der Waals surface area contributed by atoms with Gasteiger partial charge in [0.1, 0.15) is 16.6 Å². The Morgan fingerprint density at radius 3 is 2.68 bits per heavy atom. The van der Waals surface area contributed by atoms with Crippen molar-refractivity contribution < 1.29 is 0 Å². The number of rotatable bonds is 4. The summed E-state index contributed by atoms with van der Waals surface area (Å²) in [5.74, 6) is 0.299. The molecule has 0 aliphatic carbocycles. The molecule has 0 radical (unpaired) electrons. The van der Waals surface area contributed by atoms with Gasteiger partial charge in [0.25, 0.3) is 0 Å². The van der Waals surface area contributed by atoms with Gasteiger partial charge >= 0.3 is 0 Å². The van der Waals surface area contributed by atoms with Crippen molar-refractivity contribution in [3.63, 3.8) is 0 Å². The second-order valence-electron chi connectivity index (χ2n) is 4.99. The molecule has 0 bridgehead atoms. The Morgan fingerprint density at radius 2 is 2.05 bits per heavy atom. The van der Waals surface area contributed by atoms with Crippen LogP contribution in [-0.2, 0) is 5.41 Å². The van der Waals surface area contributed by atoms with Crippen LogP contribution in [-0.4, -0.2) is 10.9 Å². The lowest BCUT2D eigenvalue weighted by molar-refractivity contribution is 0.558. The highest BCUT2D eigenvalue weighted by molar-refractivity contribution is 7.10. The molecule has 0 fully saturated rings. The summed E-state index contributed by atoms with van der Waals surface area (Å²) in [7, 11) is 0. The van der Waals surface area contributed by atoms with Crippen LogP contribution in [0.15, 0.2) is 30.3 Å². The van der Waals surface area contributed by atoms with Crippen molar-refractivity contribution in [1.82, 2.24) is 4.37 Å². The van der Waals surface area contributed by atoms with E-state index in [0.29, 0.717) is 17.9 Å². The maximum atomic E-state index is 9.03. The van der Waals surface area contributed by atoms with Crippen molar-refractivity contribution in [1.29, 1.82) is 5.26 Å². The van der Waals surface area contributed by atoms with Crippen molar-refractivity contribution >= 4 is 22.4 Å². The van der Waals surface area contributed by atoms with Crippen molar-refractivity contribution in [3.8, 4) is 6.07 Å². The smallest absolute Gasteiger partial charge is 0.157 e. The Morgan fingerprint density at radius 1 is 1.37 bits per heavy atom. The molecular formula is C14H16N4S. The number of nitrogen functional groups attached to an aromatic ring is 1. The molecule has 2 rings (SSSR count). The van der Waals surface area contributed by atoms with Gasteiger partial charge in [-0.25, -0.2) is 0 Å². The zero-order chi connectivity index (χ0) is 13.9. The van der Waals surface area contributed by atoms with Crippen LogP contribution in [0, 0.1) is 11.3 Å². The first-order valence-electron chi connectivity index (χ1n) is 5.99. The van der Waals surface area contributed by atoms with Crippen molar-refractivity contribution in [2.75, 3.05) is 17.6 Å². The van der Waals surface area contributed by atoms with Crippen LogP contribution >= 0.6 is 11.5 Å². The normalized spacial score (nSPS) is 11.0. The first-order chi connectivity index (χ1) is 9.04.